The van der Waals surface area contributed by atoms with E-state index in [1.54, 1.807) is 13.2 Å². The Morgan fingerprint density at radius 1 is 1.39 bits per heavy atom. The molecular weight excluding hydrogens is 323 g/mol. The van der Waals surface area contributed by atoms with E-state index in [1.165, 1.54) is 29.7 Å². The quantitative estimate of drug-likeness (QED) is 0.898. The summed E-state index contributed by atoms with van der Waals surface area (Å²) >= 11 is 0. The van der Waals surface area contributed by atoms with Crippen molar-refractivity contribution < 1.29 is 22.3 Å². The van der Waals surface area contributed by atoms with E-state index in [-0.39, 0.29) is 35.6 Å². The maximum atomic E-state index is 14.1. The number of benzene rings is 1. The second kappa shape index (κ2) is 6.20. The molecule has 0 bridgehead atoms. The lowest BCUT2D eigenvalue weighted by Crippen LogP contribution is -2.38. The van der Waals surface area contributed by atoms with Crippen molar-refractivity contribution in [2.45, 2.75) is 23.5 Å². The molecule has 1 aromatic heterocycles. The van der Waals surface area contributed by atoms with E-state index < -0.39 is 15.8 Å². The predicted octanol–water partition coefficient (Wildman–Crippen LogP) is 1.73. The van der Waals surface area contributed by atoms with Gasteiger partial charge < -0.3 is 14.5 Å². The number of nitrogens with one attached hydrogen (secondary N) is 1. The molecular formula is C15H19FN2O4S. The Kier molecular flexibility index (Phi) is 4.41. The van der Waals surface area contributed by atoms with Crippen LogP contribution in [0.15, 0.2) is 29.3 Å². The highest BCUT2D eigenvalue weighted by atomic mass is 32.2. The summed E-state index contributed by atoms with van der Waals surface area (Å²) in [7, 11) is -0.781. The SMILES string of the molecule is COC[C@@H]1C[C@@H](OC)CN1S(=O)(=O)c1c[nH]c2cccc(F)c12. The average Bonchev–Trinajstić information content (AvgIpc) is 3.13. The van der Waals surface area contributed by atoms with Crippen LogP contribution in [0.4, 0.5) is 4.39 Å². The second-order valence-corrected chi connectivity index (χ2v) is 7.45. The van der Waals surface area contributed by atoms with Crippen LogP contribution in [0.5, 0.6) is 0 Å². The van der Waals surface area contributed by atoms with Crippen LogP contribution in [0.1, 0.15) is 6.42 Å². The smallest absolute Gasteiger partial charge is 0.245 e. The second-order valence-electron chi connectivity index (χ2n) is 5.59. The van der Waals surface area contributed by atoms with E-state index in [9.17, 15) is 12.8 Å². The zero-order valence-electron chi connectivity index (χ0n) is 13.0. The number of aromatic amines is 1. The molecule has 2 heterocycles. The van der Waals surface area contributed by atoms with E-state index >= 15 is 0 Å². The number of sulfonamides is 1. The molecule has 126 valence electrons. The maximum Gasteiger partial charge on any atom is 0.245 e. The average molecular weight is 342 g/mol. The Morgan fingerprint density at radius 3 is 2.87 bits per heavy atom. The number of aromatic nitrogens is 1. The lowest BCUT2D eigenvalue weighted by molar-refractivity contribution is 0.110. The molecule has 3 rings (SSSR count). The van der Waals surface area contributed by atoms with Gasteiger partial charge in [0.1, 0.15) is 10.7 Å². The van der Waals surface area contributed by atoms with E-state index in [0.29, 0.717) is 11.9 Å². The highest BCUT2D eigenvalue weighted by Gasteiger charge is 2.41. The number of hydrogen-bond acceptors (Lipinski definition) is 4. The van der Waals surface area contributed by atoms with Crippen molar-refractivity contribution in [3.8, 4) is 0 Å². The molecule has 23 heavy (non-hydrogen) atoms. The lowest BCUT2D eigenvalue weighted by atomic mass is 10.2. The molecule has 1 N–H and O–H groups in total. The van der Waals surface area contributed by atoms with Gasteiger partial charge in [-0.25, -0.2) is 12.8 Å². The van der Waals surface area contributed by atoms with Gasteiger partial charge in [-0.15, -0.1) is 0 Å². The van der Waals surface area contributed by atoms with Crippen LogP contribution in [0.3, 0.4) is 0 Å². The minimum atomic E-state index is -3.86. The van der Waals surface area contributed by atoms with Gasteiger partial charge in [0.2, 0.25) is 10.0 Å². The Labute approximate surface area is 134 Å². The summed E-state index contributed by atoms with van der Waals surface area (Å²) in [6.45, 7) is 0.498. The molecule has 0 aliphatic carbocycles. The summed E-state index contributed by atoms with van der Waals surface area (Å²) in [5.41, 5.74) is 0.453. The summed E-state index contributed by atoms with van der Waals surface area (Å²) in [6, 6.07) is 4.11. The molecule has 0 radical (unpaired) electrons. The lowest BCUT2D eigenvalue weighted by Gasteiger charge is -2.22. The van der Waals surface area contributed by atoms with Gasteiger partial charge in [-0.3, -0.25) is 0 Å². The van der Waals surface area contributed by atoms with E-state index in [1.807, 2.05) is 0 Å². The zero-order chi connectivity index (χ0) is 16.6. The predicted molar refractivity (Wildman–Crippen MR) is 83.2 cm³/mol. The topological polar surface area (TPSA) is 71.6 Å². The molecule has 0 unspecified atom stereocenters. The summed E-state index contributed by atoms with van der Waals surface area (Å²) in [4.78, 5) is 2.77. The Bertz CT molecular complexity index is 805. The first-order chi connectivity index (χ1) is 11.0. The number of fused-ring (bicyclic) bond motifs is 1. The van der Waals surface area contributed by atoms with Gasteiger partial charge in [0.05, 0.1) is 24.1 Å². The highest BCUT2D eigenvalue weighted by molar-refractivity contribution is 7.89. The summed E-state index contributed by atoms with van der Waals surface area (Å²) in [6.07, 6.45) is 1.70. The molecule has 1 aliphatic heterocycles. The third-order valence-electron chi connectivity index (χ3n) is 4.22. The van der Waals surface area contributed by atoms with Gasteiger partial charge in [-0.1, -0.05) is 6.07 Å². The normalized spacial score (nSPS) is 22.9. The van der Waals surface area contributed by atoms with Crippen molar-refractivity contribution in [3.63, 3.8) is 0 Å². The molecule has 2 atom stereocenters. The van der Waals surface area contributed by atoms with Gasteiger partial charge in [0.15, 0.2) is 0 Å². The molecule has 1 saturated heterocycles. The van der Waals surface area contributed by atoms with Gasteiger partial charge in [0.25, 0.3) is 0 Å². The standard InChI is InChI=1S/C15H19FN2O4S/c1-21-9-10-6-11(22-2)8-18(10)23(19,20)14-7-17-13-5-3-4-12(16)15(13)14/h3-5,7,10-11,17H,6,8-9H2,1-2H3/t10-,11+/m0/s1. The fourth-order valence-electron chi connectivity index (χ4n) is 3.09. The van der Waals surface area contributed by atoms with Crippen LogP contribution in [-0.4, -0.2) is 57.2 Å². The molecule has 1 aromatic carbocycles. The monoisotopic (exact) mass is 342 g/mol. The van der Waals surface area contributed by atoms with Crippen molar-refractivity contribution in [2.24, 2.45) is 0 Å². The van der Waals surface area contributed by atoms with Gasteiger partial charge in [-0.05, 0) is 18.6 Å². The Balaban J connectivity index is 2.06. The van der Waals surface area contributed by atoms with Crippen molar-refractivity contribution in [3.05, 3.63) is 30.2 Å². The fraction of sp³-hybridized carbons (Fsp3) is 0.467. The van der Waals surface area contributed by atoms with E-state index in [0.717, 1.165) is 0 Å². The largest absolute Gasteiger partial charge is 0.383 e. The van der Waals surface area contributed by atoms with Crippen molar-refractivity contribution in [1.29, 1.82) is 0 Å². The first kappa shape index (κ1) is 16.4. The number of rotatable bonds is 5. The molecule has 1 aliphatic rings. The molecule has 6 nitrogen and oxygen atoms in total. The number of methoxy groups -OCH3 is 2. The van der Waals surface area contributed by atoms with Crippen LogP contribution in [0, 0.1) is 5.82 Å². The number of H-pyrrole nitrogens is 1. The van der Waals surface area contributed by atoms with E-state index in [4.69, 9.17) is 9.47 Å². The first-order valence-electron chi connectivity index (χ1n) is 7.28. The van der Waals surface area contributed by atoms with Crippen molar-refractivity contribution >= 4 is 20.9 Å². The third kappa shape index (κ3) is 2.76. The third-order valence-corrected chi connectivity index (χ3v) is 6.17. The minimum Gasteiger partial charge on any atom is -0.383 e. The number of halogens is 1. The summed E-state index contributed by atoms with van der Waals surface area (Å²) in [5.74, 6) is -0.562. The van der Waals surface area contributed by atoms with E-state index in [2.05, 4.69) is 4.98 Å². The molecule has 2 aromatic rings. The summed E-state index contributed by atoms with van der Waals surface area (Å²) < 4.78 is 52.0. The number of hydrogen-bond donors (Lipinski definition) is 1. The van der Waals surface area contributed by atoms with Gasteiger partial charge in [-0.2, -0.15) is 4.31 Å². The van der Waals surface area contributed by atoms with Crippen LogP contribution in [0.2, 0.25) is 0 Å². The van der Waals surface area contributed by atoms with Crippen LogP contribution in [-0.2, 0) is 19.5 Å². The van der Waals surface area contributed by atoms with Gasteiger partial charge >= 0.3 is 0 Å². The van der Waals surface area contributed by atoms with Crippen molar-refractivity contribution in [1.82, 2.24) is 9.29 Å². The van der Waals surface area contributed by atoms with Crippen LogP contribution in [0.25, 0.3) is 10.9 Å². The highest BCUT2D eigenvalue weighted by Crippen LogP contribution is 2.32. The number of ether oxygens (including phenoxy) is 2. The summed E-state index contributed by atoms with van der Waals surface area (Å²) in [5, 5.41) is 0.0875. The van der Waals surface area contributed by atoms with Crippen molar-refractivity contribution in [2.75, 3.05) is 27.4 Å². The molecule has 0 spiro atoms. The molecule has 8 heteroatoms. The molecule has 0 amide bonds. The Morgan fingerprint density at radius 2 is 2.17 bits per heavy atom. The van der Waals surface area contributed by atoms with Gasteiger partial charge in [0, 0.05) is 32.5 Å². The maximum absolute atomic E-state index is 14.1. The first-order valence-corrected chi connectivity index (χ1v) is 8.72. The molecule has 0 saturated carbocycles. The molecule has 1 fully saturated rings. The fourth-order valence-corrected chi connectivity index (χ4v) is 4.92. The number of nitrogens with zero attached hydrogens (tertiary/aromatic N) is 1. The van der Waals surface area contributed by atoms with Crippen LogP contribution >= 0.6 is 0 Å². The Hall–Kier alpha value is -1.48. The van der Waals surface area contributed by atoms with Crippen LogP contribution < -0.4 is 0 Å². The zero-order valence-corrected chi connectivity index (χ0v) is 13.8. The minimum absolute atomic E-state index is 0.0524.